The van der Waals surface area contributed by atoms with Gasteiger partial charge in [0.2, 0.25) is 5.95 Å². The summed E-state index contributed by atoms with van der Waals surface area (Å²) in [6, 6.07) is 4.60. The molecule has 1 unspecified atom stereocenters. The van der Waals surface area contributed by atoms with Crippen LogP contribution < -0.4 is 10.4 Å². The number of nitrogens with zero attached hydrogens (tertiary/aromatic N) is 3. The van der Waals surface area contributed by atoms with E-state index in [1.807, 2.05) is 0 Å². The Balaban J connectivity index is 2.03. The lowest BCUT2D eigenvalue weighted by Crippen LogP contribution is -2.44. The van der Waals surface area contributed by atoms with E-state index < -0.39 is 52.3 Å². The van der Waals surface area contributed by atoms with Gasteiger partial charge in [0.25, 0.3) is 5.91 Å². The Morgan fingerprint density at radius 1 is 1.05 bits per heavy atom. The minimum absolute atomic E-state index is 0.0620. The maximum atomic E-state index is 15.1. The van der Waals surface area contributed by atoms with Gasteiger partial charge in [-0.15, -0.1) is 6.42 Å². The summed E-state index contributed by atoms with van der Waals surface area (Å²) in [5.74, 6) is -3.58. The predicted octanol–water partition coefficient (Wildman–Crippen LogP) is 7.90. The Kier molecular flexibility index (Phi) is 9.56. The van der Waals surface area contributed by atoms with Crippen molar-refractivity contribution in [1.82, 2.24) is 15.4 Å². The average Bonchev–Trinajstić information content (AvgIpc) is 2.88. The second kappa shape index (κ2) is 12.3. The number of halogens is 10. The Morgan fingerprint density at radius 3 is 2.17 bits per heavy atom. The average molecular weight is 626 g/mol. The zero-order valence-corrected chi connectivity index (χ0v) is 21.9. The molecule has 1 atom stereocenters. The molecule has 0 fully saturated rings. The van der Waals surface area contributed by atoms with Crippen LogP contribution in [0.1, 0.15) is 33.0 Å². The highest BCUT2D eigenvalue weighted by atomic mass is 35.5. The van der Waals surface area contributed by atoms with Gasteiger partial charge in [0.15, 0.2) is 0 Å². The number of allylic oxidation sites excluding steroid dienone is 1. The number of amides is 1. The number of carbonyl (C=O) groups excluding carboxylic acids is 1. The number of carbonyl (C=O) groups is 1. The molecule has 5 nitrogen and oxygen atoms in total. The molecule has 210 valence electrons. The third kappa shape index (κ3) is 7.35. The molecule has 2 aromatic carbocycles. The van der Waals surface area contributed by atoms with Crippen LogP contribution in [0.25, 0.3) is 5.83 Å². The summed E-state index contributed by atoms with van der Waals surface area (Å²) in [6.45, 7) is -0.329. The van der Waals surface area contributed by atoms with Gasteiger partial charge in [-0.3, -0.25) is 10.2 Å². The van der Waals surface area contributed by atoms with Crippen molar-refractivity contribution in [3.05, 3.63) is 92.2 Å². The van der Waals surface area contributed by atoms with Crippen LogP contribution in [0.3, 0.4) is 0 Å². The van der Waals surface area contributed by atoms with E-state index in [4.69, 9.17) is 41.2 Å². The van der Waals surface area contributed by atoms with E-state index in [-0.39, 0.29) is 39.7 Å². The molecule has 40 heavy (non-hydrogen) atoms. The molecule has 1 aromatic heterocycles. The monoisotopic (exact) mass is 624 g/mol. The molecule has 3 rings (SSSR count). The fourth-order valence-corrected chi connectivity index (χ4v) is 3.98. The molecule has 15 heteroatoms. The van der Waals surface area contributed by atoms with Crippen LogP contribution >= 0.6 is 34.8 Å². The Labute approximate surface area is 237 Å². The smallest absolute Gasteiger partial charge is 0.267 e. The molecular weight excluding hydrogens is 612 g/mol. The molecule has 3 aromatic rings. The zero-order valence-electron chi connectivity index (χ0n) is 19.6. The zero-order chi connectivity index (χ0) is 29.8. The molecule has 0 spiro atoms. The number of alkyl halides is 6. The van der Waals surface area contributed by atoms with Crippen molar-refractivity contribution in [1.29, 1.82) is 0 Å². The van der Waals surface area contributed by atoms with Crippen LogP contribution in [0.2, 0.25) is 15.1 Å². The lowest BCUT2D eigenvalue weighted by atomic mass is 9.95. The molecule has 0 aliphatic rings. The van der Waals surface area contributed by atoms with Gasteiger partial charge in [-0.2, -0.15) is 26.3 Å². The lowest BCUT2D eigenvalue weighted by Gasteiger charge is -2.22. The van der Waals surface area contributed by atoms with Crippen molar-refractivity contribution in [2.45, 2.75) is 18.3 Å². The number of hydrogen-bond acceptors (Lipinski definition) is 4. The second-order valence-electron chi connectivity index (χ2n) is 7.87. The first-order valence-corrected chi connectivity index (χ1v) is 11.9. The molecule has 1 N–H and O–H groups in total. The fraction of sp³-hybridized carbons (Fsp3) is 0.160. The highest BCUT2D eigenvalue weighted by Gasteiger charge is 2.41. The molecule has 0 radical (unpaired) electrons. The fourth-order valence-electron chi connectivity index (χ4n) is 3.37. The van der Waals surface area contributed by atoms with Gasteiger partial charge < -0.3 is 0 Å². The lowest BCUT2D eigenvalue weighted by molar-refractivity contribution is -0.140. The second-order valence-corrected chi connectivity index (χ2v) is 9.06. The maximum absolute atomic E-state index is 15.1. The maximum Gasteiger partial charge on any atom is 0.417 e. The van der Waals surface area contributed by atoms with Crippen molar-refractivity contribution < 1.29 is 35.5 Å². The summed E-state index contributed by atoms with van der Waals surface area (Å²) in [7, 11) is 0. The summed E-state index contributed by atoms with van der Waals surface area (Å²) in [6.07, 6.45) is -2.40. The number of terminal acetylenes is 1. The summed E-state index contributed by atoms with van der Waals surface area (Å²) in [5, 5.41) is -0.0306. The third-order valence-electron chi connectivity index (χ3n) is 5.16. The third-order valence-corrected chi connectivity index (χ3v) is 6.35. The van der Waals surface area contributed by atoms with Gasteiger partial charge in [-0.1, -0.05) is 46.8 Å². The minimum Gasteiger partial charge on any atom is -0.267 e. The van der Waals surface area contributed by atoms with Crippen LogP contribution in [0, 0.1) is 12.3 Å². The molecule has 0 saturated heterocycles. The normalized spacial score (nSPS) is 13.0. The summed E-state index contributed by atoms with van der Waals surface area (Å²) in [5.41, 5.74) is -1.94. The van der Waals surface area contributed by atoms with E-state index in [0.717, 1.165) is 23.2 Å². The molecule has 0 bridgehead atoms. The number of anilines is 1. The van der Waals surface area contributed by atoms with Crippen molar-refractivity contribution in [3.63, 3.8) is 0 Å². The SMILES string of the molecule is C#CCN(NC(=O)c1ccc(C(F)=CC(c2cc(Cl)c(Cl)c(Cl)c2)C(F)(F)F)cc1C(F)(F)F)c1ncccn1. The van der Waals surface area contributed by atoms with E-state index in [9.17, 15) is 31.1 Å². The van der Waals surface area contributed by atoms with Crippen LogP contribution in [0.5, 0.6) is 0 Å². The molecule has 0 aliphatic carbocycles. The standard InChI is InChI=1S/C25H14Cl3F7N4O/c1-2-8-39(23-36-6-3-7-37-23)38-22(40)15-5-4-13(9-17(15)25(33,34)35)20(29)12-16(24(30,31)32)14-10-18(26)21(28)19(27)11-14/h1,3-7,9-12,16H,8H2,(H,38,40). The van der Waals surface area contributed by atoms with Gasteiger partial charge >= 0.3 is 12.4 Å². The first-order chi connectivity index (χ1) is 18.6. The molecule has 0 aliphatic heterocycles. The summed E-state index contributed by atoms with van der Waals surface area (Å²) >= 11 is 17.4. The summed E-state index contributed by atoms with van der Waals surface area (Å²) in [4.78, 5) is 20.5. The number of benzene rings is 2. The minimum atomic E-state index is -5.20. The van der Waals surface area contributed by atoms with E-state index in [2.05, 4.69) is 21.3 Å². The van der Waals surface area contributed by atoms with Crippen molar-refractivity contribution in [2.24, 2.45) is 0 Å². The molecule has 0 saturated carbocycles. The number of hydrogen-bond donors (Lipinski definition) is 1. The Bertz CT molecular complexity index is 1450. The van der Waals surface area contributed by atoms with Crippen LogP contribution in [-0.2, 0) is 6.18 Å². The Morgan fingerprint density at radius 2 is 1.65 bits per heavy atom. The molecule has 1 amide bonds. The van der Waals surface area contributed by atoms with Gasteiger partial charge in [0.1, 0.15) is 18.3 Å². The molecular formula is C25H14Cl3F7N4O. The van der Waals surface area contributed by atoms with E-state index in [1.54, 1.807) is 0 Å². The van der Waals surface area contributed by atoms with Gasteiger partial charge in [-0.05, 0) is 42.0 Å². The van der Waals surface area contributed by atoms with E-state index in [0.29, 0.717) is 6.07 Å². The topological polar surface area (TPSA) is 58.1 Å². The van der Waals surface area contributed by atoms with Gasteiger partial charge in [0, 0.05) is 18.0 Å². The van der Waals surface area contributed by atoms with E-state index in [1.165, 1.54) is 18.5 Å². The van der Waals surface area contributed by atoms with Crippen LogP contribution in [0.15, 0.2) is 54.9 Å². The largest absolute Gasteiger partial charge is 0.417 e. The molecule has 1 heterocycles. The van der Waals surface area contributed by atoms with E-state index >= 15 is 4.39 Å². The van der Waals surface area contributed by atoms with Gasteiger partial charge in [0.05, 0.1) is 26.2 Å². The number of nitrogens with one attached hydrogen (secondary N) is 1. The highest BCUT2D eigenvalue weighted by Crippen LogP contribution is 2.42. The first-order valence-electron chi connectivity index (χ1n) is 10.7. The number of hydrazine groups is 1. The highest BCUT2D eigenvalue weighted by molar-refractivity contribution is 6.48. The quantitative estimate of drug-likeness (QED) is 0.126. The van der Waals surface area contributed by atoms with Crippen molar-refractivity contribution in [2.75, 3.05) is 11.6 Å². The number of rotatable bonds is 7. The summed E-state index contributed by atoms with van der Waals surface area (Å²) < 4.78 is 98.2. The number of aromatic nitrogens is 2. The van der Waals surface area contributed by atoms with Gasteiger partial charge in [-0.25, -0.2) is 19.4 Å². The van der Waals surface area contributed by atoms with Crippen LogP contribution in [-0.4, -0.2) is 28.6 Å². The van der Waals surface area contributed by atoms with Crippen molar-refractivity contribution >= 4 is 52.5 Å². The first kappa shape index (κ1) is 31.0. The van der Waals surface area contributed by atoms with Crippen molar-refractivity contribution in [3.8, 4) is 12.3 Å². The predicted molar refractivity (Wildman–Crippen MR) is 136 cm³/mol. The Hall–Kier alpha value is -3.53. The van der Waals surface area contributed by atoms with Crippen LogP contribution in [0.4, 0.5) is 36.7 Å².